The Morgan fingerprint density at radius 2 is 1.74 bits per heavy atom. The number of aryl methyl sites for hydroxylation is 1. The standard InChI is InChI=1S/C26H21Cl2N3O6S/c1-3-14-10-19(28)24(22(11-14)38(34,35)36)31-30-23-17-7-5-4-6-15(17)12-18(25(23)32)26(33)29-20-9-8-16(27)13-21(20)37-2/h4-13,32H,3H2,1-2H3,(H,29,33)(H,34,35,36). The topological polar surface area (TPSA) is 138 Å². The number of nitrogens with zero attached hydrogens (tertiary/aromatic N) is 2. The number of azo groups is 1. The van der Waals surface area contributed by atoms with Crippen LogP contribution in [0.1, 0.15) is 22.8 Å². The van der Waals surface area contributed by atoms with Crippen LogP contribution in [0.5, 0.6) is 11.5 Å². The summed E-state index contributed by atoms with van der Waals surface area (Å²) >= 11 is 12.3. The maximum atomic E-state index is 13.2. The van der Waals surface area contributed by atoms with E-state index in [2.05, 4.69) is 15.5 Å². The van der Waals surface area contributed by atoms with E-state index in [4.69, 9.17) is 27.9 Å². The van der Waals surface area contributed by atoms with Gasteiger partial charge in [-0.15, -0.1) is 10.2 Å². The van der Waals surface area contributed by atoms with Gasteiger partial charge in [-0.1, -0.05) is 54.4 Å². The number of hydrogen-bond acceptors (Lipinski definition) is 7. The van der Waals surface area contributed by atoms with Crippen molar-refractivity contribution in [2.24, 2.45) is 10.2 Å². The molecular weight excluding hydrogens is 553 g/mol. The quantitative estimate of drug-likeness (QED) is 0.156. The molecular formula is C26H21Cl2N3O6S. The van der Waals surface area contributed by atoms with E-state index in [0.717, 1.165) is 0 Å². The summed E-state index contributed by atoms with van der Waals surface area (Å²) in [7, 11) is -3.27. The van der Waals surface area contributed by atoms with Gasteiger partial charge in [0.2, 0.25) is 0 Å². The zero-order valence-corrected chi connectivity index (χ0v) is 22.4. The van der Waals surface area contributed by atoms with Crippen LogP contribution in [-0.2, 0) is 16.5 Å². The van der Waals surface area contributed by atoms with E-state index >= 15 is 0 Å². The number of amides is 1. The summed E-state index contributed by atoms with van der Waals surface area (Å²) in [4.78, 5) is 12.7. The molecule has 0 saturated heterocycles. The van der Waals surface area contributed by atoms with Gasteiger partial charge in [0.1, 0.15) is 22.0 Å². The molecule has 0 atom stereocenters. The highest BCUT2D eigenvalue weighted by atomic mass is 35.5. The van der Waals surface area contributed by atoms with Gasteiger partial charge in [0.05, 0.1) is 23.4 Å². The van der Waals surface area contributed by atoms with Gasteiger partial charge in [-0.3, -0.25) is 9.35 Å². The number of carbonyl (C=O) groups is 1. The third kappa shape index (κ3) is 5.58. The molecule has 0 bridgehead atoms. The highest BCUT2D eigenvalue weighted by Gasteiger charge is 2.22. The lowest BCUT2D eigenvalue weighted by molar-refractivity contribution is 0.102. The number of phenols is 1. The number of ether oxygens (including phenoxy) is 1. The van der Waals surface area contributed by atoms with E-state index in [1.807, 2.05) is 0 Å². The first-order valence-corrected chi connectivity index (χ1v) is 13.3. The summed E-state index contributed by atoms with van der Waals surface area (Å²) in [5.41, 5.74) is 0.338. The Kier molecular flexibility index (Phi) is 7.89. The zero-order valence-electron chi connectivity index (χ0n) is 20.1. The van der Waals surface area contributed by atoms with Gasteiger partial charge in [-0.25, -0.2) is 0 Å². The van der Waals surface area contributed by atoms with Crippen LogP contribution >= 0.6 is 23.2 Å². The summed E-state index contributed by atoms with van der Waals surface area (Å²) < 4.78 is 39.1. The minimum Gasteiger partial charge on any atom is -0.505 e. The predicted molar refractivity (Wildman–Crippen MR) is 146 cm³/mol. The first-order chi connectivity index (χ1) is 18.0. The second-order valence-corrected chi connectivity index (χ2v) is 10.3. The smallest absolute Gasteiger partial charge is 0.296 e. The lowest BCUT2D eigenvalue weighted by Gasteiger charge is -2.13. The molecule has 12 heteroatoms. The van der Waals surface area contributed by atoms with Crippen LogP contribution < -0.4 is 10.1 Å². The SMILES string of the molecule is CCc1cc(Cl)c(N=Nc2c(O)c(C(=O)Nc3ccc(Cl)cc3OC)cc3ccccc23)c(S(=O)(=O)O)c1. The summed E-state index contributed by atoms with van der Waals surface area (Å²) in [6, 6.07) is 15.7. The van der Waals surface area contributed by atoms with Crippen LogP contribution in [-0.4, -0.2) is 31.1 Å². The summed E-state index contributed by atoms with van der Waals surface area (Å²) in [5.74, 6) is -0.865. The second kappa shape index (κ2) is 11.0. The van der Waals surface area contributed by atoms with Gasteiger partial charge in [0.25, 0.3) is 16.0 Å². The van der Waals surface area contributed by atoms with Crippen LogP contribution in [0.15, 0.2) is 75.8 Å². The minimum atomic E-state index is -4.70. The van der Waals surface area contributed by atoms with Crippen molar-refractivity contribution in [3.05, 3.63) is 81.8 Å². The molecule has 4 aromatic rings. The number of methoxy groups -OCH3 is 1. The fourth-order valence-corrected chi connectivity index (χ4v) is 4.97. The molecule has 0 radical (unpaired) electrons. The van der Waals surface area contributed by atoms with E-state index in [9.17, 15) is 22.9 Å². The zero-order chi connectivity index (χ0) is 27.6. The van der Waals surface area contributed by atoms with Crippen LogP contribution in [0.3, 0.4) is 0 Å². The molecule has 0 unspecified atom stereocenters. The van der Waals surface area contributed by atoms with E-state index < -0.39 is 26.7 Å². The summed E-state index contributed by atoms with van der Waals surface area (Å²) in [6.45, 7) is 1.79. The normalized spacial score (nSPS) is 11.7. The maximum absolute atomic E-state index is 13.2. The molecule has 0 aromatic heterocycles. The van der Waals surface area contributed by atoms with Crippen LogP contribution in [0.2, 0.25) is 10.0 Å². The lowest BCUT2D eigenvalue weighted by Crippen LogP contribution is -2.13. The Balaban J connectivity index is 1.85. The molecule has 0 aliphatic heterocycles. The number of nitrogens with one attached hydrogen (secondary N) is 1. The average Bonchev–Trinajstić information content (AvgIpc) is 2.88. The van der Waals surface area contributed by atoms with Crippen molar-refractivity contribution < 1.29 is 27.6 Å². The van der Waals surface area contributed by atoms with E-state index in [1.165, 1.54) is 31.4 Å². The molecule has 3 N–H and O–H groups in total. The molecule has 0 spiro atoms. The number of hydrogen-bond donors (Lipinski definition) is 3. The van der Waals surface area contributed by atoms with Gasteiger partial charge < -0.3 is 15.2 Å². The van der Waals surface area contributed by atoms with Crippen molar-refractivity contribution in [1.82, 2.24) is 0 Å². The Morgan fingerprint density at radius 1 is 1.03 bits per heavy atom. The van der Waals surface area contributed by atoms with E-state index in [-0.39, 0.29) is 22.0 Å². The monoisotopic (exact) mass is 573 g/mol. The third-order valence-electron chi connectivity index (χ3n) is 5.68. The summed E-state index contributed by atoms with van der Waals surface area (Å²) in [5, 5.41) is 23.2. The lowest BCUT2D eigenvalue weighted by atomic mass is 10.0. The molecule has 4 rings (SSSR count). The van der Waals surface area contributed by atoms with Crippen LogP contribution in [0, 0.1) is 0 Å². The Morgan fingerprint density at radius 3 is 2.42 bits per heavy atom. The van der Waals surface area contributed by atoms with Crippen molar-refractivity contribution in [2.45, 2.75) is 18.2 Å². The molecule has 38 heavy (non-hydrogen) atoms. The Bertz CT molecular complexity index is 1710. The number of aromatic hydroxyl groups is 1. The first-order valence-electron chi connectivity index (χ1n) is 11.1. The number of phenolic OH excluding ortho intramolecular Hbond substituents is 1. The number of anilines is 1. The Labute approximate surface area is 228 Å². The Hall–Kier alpha value is -3.70. The molecule has 0 heterocycles. The van der Waals surface area contributed by atoms with Crippen LogP contribution in [0.4, 0.5) is 17.1 Å². The highest BCUT2D eigenvalue weighted by Crippen LogP contribution is 2.42. The van der Waals surface area contributed by atoms with Crippen molar-refractivity contribution in [1.29, 1.82) is 0 Å². The molecule has 0 aliphatic rings. The molecule has 0 fully saturated rings. The first kappa shape index (κ1) is 27.3. The number of carbonyl (C=O) groups excluding carboxylic acids is 1. The largest absolute Gasteiger partial charge is 0.505 e. The van der Waals surface area contributed by atoms with Crippen LogP contribution in [0.25, 0.3) is 10.8 Å². The maximum Gasteiger partial charge on any atom is 0.296 e. The summed E-state index contributed by atoms with van der Waals surface area (Å²) in [6.07, 6.45) is 0.459. The number of fused-ring (bicyclic) bond motifs is 1. The minimum absolute atomic E-state index is 0.0618. The fraction of sp³-hybridized carbons (Fsp3) is 0.115. The highest BCUT2D eigenvalue weighted by molar-refractivity contribution is 7.86. The molecule has 196 valence electrons. The van der Waals surface area contributed by atoms with E-state index in [0.29, 0.717) is 39.2 Å². The van der Waals surface area contributed by atoms with Crippen molar-refractivity contribution in [3.8, 4) is 11.5 Å². The molecule has 1 amide bonds. The predicted octanol–water partition coefficient (Wildman–Crippen LogP) is 7.34. The number of rotatable bonds is 7. The fourth-order valence-electron chi connectivity index (χ4n) is 3.77. The van der Waals surface area contributed by atoms with Gasteiger partial charge >= 0.3 is 0 Å². The van der Waals surface area contributed by atoms with Gasteiger partial charge in [0.15, 0.2) is 5.75 Å². The average molecular weight is 574 g/mol. The van der Waals surface area contributed by atoms with Crippen molar-refractivity contribution in [2.75, 3.05) is 12.4 Å². The molecule has 0 saturated carbocycles. The number of benzene rings is 4. The van der Waals surface area contributed by atoms with Gasteiger partial charge in [-0.2, -0.15) is 8.42 Å². The second-order valence-electron chi connectivity index (χ2n) is 8.09. The van der Waals surface area contributed by atoms with Gasteiger partial charge in [-0.05, 0) is 47.7 Å². The molecule has 4 aromatic carbocycles. The van der Waals surface area contributed by atoms with Gasteiger partial charge in [0, 0.05) is 16.5 Å². The van der Waals surface area contributed by atoms with E-state index in [1.54, 1.807) is 43.3 Å². The molecule has 9 nitrogen and oxygen atoms in total. The van der Waals surface area contributed by atoms with Crippen molar-refractivity contribution in [3.63, 3.8) is 0 Å². The third-order valence-corrected chi connectivity index (χ3v) is 7.07. The molecule has 0 aliphatic carbocycles. The number of halogens is 2. The van der Waals surface area contributed by atoms with Crippen molar-refractivity contribution >= 4 is 67.1 Å².